The smallest absolute Gasteiger partial charge is 0.226 e. The lowest BCUT2D eigenvalue weighted by Gasteiger charge is -2.18. The van der Waals surface area contributed by atoms with Gasteiger partial charge in [0, 0.05) is 24.4 Å². The third kappa shape index (κ3) is 5.99. The predicted octanol–water partition coefficient (Wildman–Crippen LogP) is 4.76. The van der Waals surface area contributed by atoms with Gasteiger partial charge >= 0.3 is 0 Å². The summed E-state index contributed by atoms with van der Waals surface area (Å²) in [6, 6.07) is 8.23. The van der Waals surface area contributed by atoms with Crippen molar-refractivity contribution in [1.82, 2.24) is 4.90 Å². The Morgan fingerprint density at radius 3 is 2.81 bits per heavy atom. The van der Waals surface area contributed by atoms with Crippen LogP contribution >= 0.6 is 11.3 Å². The first-order valence-corrected chi connectivity index (χ1v) is 11.7. The number of amides is 1. The molecular weight excluding hydrogens is 410 g/mol. The molecule has 0 aliphatic heterocycles. The molecule has 1 aromatic carbocycles. The number of hydrogen-bond donors (Lipinski definition) is 1. The van der Waals surface area contributed by atoms with Gasteiger partial charge in [-0.1, -0.05) is 12.5 Å². The molecule has 0 atom stereocenters. The zero-order valence-corrected chi connectivity index (χ0v) is 19.4. The van der Waals surface area contributed by atoms with E-state index in [1.54, 1.807) is 18.4 Å². The summed E-state index contributed by atoms with van der Waals surface area (Å²) in [5.41, 5.74) is 2.92. The lowest BCUT2D eigenvalue weighted by molar-refractivity contribution is -0.116. The normalized spacial score (nSPS) is 13.3. The monoisotopic (exact) mass is 441 g/mol. The molecule has 1 N–H and O–H groups in total. The molecule has 0 fully saturated rings. The summed E-state index contributed by atoms with van der Waals surface area (Å²) in [7, 11) is 3.62. The number of carbonyl (C=O) groups is 1. The average Bonchev–Trinajstić information content (AvgIpc) is 2.92. The van der Waals surface area contributed by atoms with Crippen molar-refractivity contribution in [1.29, 1.82) is 5.26 Å². The van der Waals surface area contributed by atoms with E-state index in [4.69, 9.17) is 9.47 Å². The highest BCUT2D eigenvalue weighted by atomic mass is 32.1. The summed E-state index contributed by atoms with van der Waals surface area (Å²) in [6.45, 7) is 3.85. The molecule has 0 saturated heterocycles. The van der Waals surface area contributed by atoms with Crippen LogP contribution in [-0.4, -0.2) is 38.1 Å². The van der Waals surface area contributed by atoms with E-state index >= 15 is 0 Å². The molecule has 6 nitrogen and oxygen atoms in total. The number of thiophene rings is 1. The minimum Gasteiger partial charge on any atom is -0.493 e. The van der Waals surface area contributed by atoms with E-state index in [2.05, 4.69) is 16.3 Å². The van der Waals surface area contributed by atoms with Crippen LogP contribution in [0.1, 0.15) is 54.2 Å². The predicted molar refractivity (Wildman–Crippen MR) is 124 cm³/mol. The van der Waals surface area contributed by atoms with E-state index in [-0.39, 0.29) is 5.91 Å². The van der Waals surface area contributed by atoms with Gasteiger partial charge in [-0.25, -0.2) is 0 Å². The lowest BCUT2D eigenvalue weighted by atomic mass is 10.1. The van der Waals surface area contributed by atoms with Gasteiger partial charge in [-0.05, 0) is 62.9 Å². The van der Waals surface area contributed by atoms with Gasteiger partial charge in [0.1, 0.15) is 11.1 Å². The van der Waals surface area contributed by atoms with Crippen molar-refractivity contribution in [3.05, 3.63) is 39.8 Å². The number of carbonyl (C=O) groups excluding carboxylic acids is 1. The second-order valence-electron chi connectivity index (χ2n) is 7.83. The molecule has 1 heterocycles. The van der Waals surface area contributed by atoms with Crippen molar-refractivity contribution >= 4 is 22.2 Å². The van der Waals surface area contributed by atoms with Gasteiger partial charge in [-0.15, -0.1) is 11.3 Å². The second kappa shape index (κ2) is 11.2. The summed E-state index contributed by atoms with van der Waals surface area (Å²) in [5.74, 6) is 1.40. The zero-order chi connectivity index (χ0) is 22.2. The number of rotatable bonds is 9. The number of aryl methyl sites for hydroxylation is 1. The Morgan fingerprint density at radius 2 is 2.06 bits per heavy atom. The summed E-state index contributed by atoms with van der Waals surface area (Å²) < 4.78 is 11.0. The van der Waals surface area contributed by atoms with Gasteiger partial charge in [0.2, 0.25) is 5.91 Å². The van der Waals surface area contributed by atoms with Crippen LogP contribution in [0.2, 0.25) is 0 Å². The first kappa shape index (κ1) is 23.1. The first-order chi connectivity index (χ1) is 15.0. The van der Waals surface area contributed by atoms with E-state index < -0.39 is 0 Å². The standard InChI is InChI=1S/C24H31N3O3S/c1-4-30-20-11-10-17(14-21(20)29-3)16-27(2)13-12-23(28)26-24-19(15-25)18-8-6-5-7-9-22(18)31-24/h10-11,14H,4-9,12-13,16H2,1-3H3,(H,26,28). The number of methoxy groups -OCH3 is 1. The van der Waals surface area contributed by atoms with Gasteiger partial charge < -0.3 is 19.7 Å². The third-order valence-electron chi connectivity index (χ3n) is 5.49. The maximum Gasteiger partial charge on any atom is 0.226 e. The number of benzene rings is 1. The van der Waals surface area contributed by atoms with E-state index in [1.165, 1.54) is 11.3 Å². The maximum absolute atomic E-state index is 12.6. The topological polar surface area (TPSA) is 74.6 Å². The number of ether oxygens (including phenoxy) is 2. The number of nitrogens with zero attached hydrogens (tertiary/aromatic N) is 2. The number of anilines is 1. The number of nitriles is 1. The van der Waals surface area contributed by atoms with E-state index in [0.29, 0.717) is 37.4 Å². The molecule has 166 valence electrons. The Balaban J connectivity index is 1.55. The van der Waals surface area contributed by atoms with Gasteiger partial charge in [-0.3, -0.25) is 4.79 Å². The van der Waals surface area contributed by atoms with Crippen LogP contribution in [0, 0.1) is 11.3 Å². The highest BCUT2D eigenvalue weighted by Crippen LogP contribution is 2.37. The van der Waals surface area contributed by atoms with E-state index in [1.807, 2.05) is 32.2 Å². The first-order valence-electron chi connectivity index (χ1n) is 10.9. The van der Waals surface area contributed by atoms with E-state index in [9.17, 15) is 10.1 Å². The van der Waals surface area contributed by atoms with Crippen LogP contribution < -0.4 is 14.8 Å². The summed E-state index contributed by atoms with van der Waals surface area (Å²) in [5, 5.41) is 13.3. The minimum atomic E-state index is -0.0518. The molecule has 1 aliphatic carbocycles. The van der Waals surface area contributed by atoms with Crippen molar-refractivity contribution in [3.8, 4) is 17.6 Å². The van der Waals surface area contributed by atoms with Crippen LogP contribution in [-0.2, 0) is 24.2 Å². The minimum absolute atomic E-state index is 0.0518. The van der Waals surface area contributed by atoms with Crippen LogP contribution in [0.3, 0.4) is 0 Å². The molecule has 0 saturated carbocycles. The third-order valence-corrected chi connectivity index (χ3v) is 6.69. The molecule has 1 aliphatic rings. The van der Waals surface area contributed by atoms with Crippen molar-refractivity contribution in [2.75, 3.05) is 32.6 Å². The average molecular weight is 442 g/mol. The van der Waals surface area contributed by atoms with Crippen LogP contribution in [0.4, 0.5) is 5.00 Å². The highest BCUT2D eigenvalue weighted by molar-refractivity contribution is 7.16. The summed E-state index contributed by atoms with van der Waals surface area (Å²) >= 11 is 1.58. The molecule has 0 spiro atoms. The highest BCUT2D eigenvalue weighted by Gasteiger charge is 2.21. The van der Waals surface area contributed by atoms with Crippen LogP contribution in [0.5, 0.6) is 11.5 Å². The van der Waals surface area contributed by atoms with Crippen LogP contribution in [0.15, 0.2) is 18.2 Å². The van der Waals surface area contributed by atoms with Gasteiger partial charge in [0.15, 0.2) is 11.5 Å². The van der Waals surface area contributed by atoms with Gasteiger partial charge in [0.25, 0.3) is 0 Å². The van der Waals surface area contributed by atoms with Gasteiger partial charge in [-0.2, -0.15) is 5.26 Å². The fourth-order valence-corrected chi connectivity index (χ4v) is 5.16. The molecule has 1 amide bonds. The molecule has 31 heavy (non-hydrogen) atoms. The molecule has 1 aromatic heterocycles. The van der Waals surface area contributed by atoms with Crippen LogP contribution in [0.25, 0.3) is 0 Å². The molecule has 7 heteroatoms. The Hall–Kier alpha value is -2.56. The van der Waals surface area contributed by atoms with E-state index in [0.717, 1.165) is 47.6 Å². The fraction of sp³-hybridized carbons (Fsp3) is 0.500. The molecular formula is C24H31N3O3S. The van der Waals surface area contributed by atoms with Crippen molar-refractivity contribution < 1.29 is 14.3 Å². The molecule has 3 rings (SSSR count). The summed E-state index contributed by atoms with van der Waals surface area (Å²) in [6.07, 6.45) is 5.82. The van der Waals surface area contributed by atoms with Crippen molar-refractivity contribution in [2.45, 2.75) is 52.0 Å². The van der Waals surface area contributed by atoms with Gasteiger partial charge in [0.05, 0.1) is 19.3 Å². The molecule has 0 radical (unpaired) electrons. The second-order valence-corrected chi connectivity index (χ2v) is 8.94. The lowest BCUT2D eigenvalue weighted by Crippen LogP contribution is -2.24. The Kier molecular flexibility index (Phi) is 8.33. The molecule has 0 unspecified atom stereocenters. The Labute approximate surface area is 188 Å². The molecule has 0 bridgehead atoms. The quantitative estimate of drug-likeness (QED) is 0.568. The van der Waals surface area contributed by atoms with Crippen molar-refractivity contribution in [2.24, 2.45) is 0 Å². The fourth-order valence-electron chi connectivity index (χ4n) is 3.91. The van der Waals surface area contributed by atoms with Crippen molar-refractivity contribution in [3.63, 3.8) is 0 Å². The Morgan fingerprint density at radius 1 is 1.26 bits per heavy atom. The zero-order valence-electron chi connectivity index (χ0n) is 18.6. The number of hydrogen-bond acceptors (Lipinski definition) is 6. The number of nitrogens with one attached hydrogen (secondary N) is 1. The maximum atomic E-state index is 12.6. The molecule has 2 aromatic rings. The SMILES string of the molecule is CCOc1ccc(CN(C)CCC(=O)Nc2sc3c(c2C#N)CCCCC3)cc1OC. The largest absolute Gasteiger partial charge is 0.493 e. The number of fused-ring (bicyclic) bond motifs is 1. The summed E-state index contributed by atoms with van der Waals surface area (Å²) in [4.78, 5) is 15.9. The Bertz CT molecular complexity index is 948.